The lowest BCUT2D eigenvalue weighted by Crippen LogP contribution is -2.30. The molecule has 4 rings (SSSR count). The summed E-state index contributed by atoms with van der Waals surface area (Å²) in [4.78, 5) is 0. The number of aliphatic hydroxyl groups is 1. The summed E-state index contributed by atoms with van der Waals surface area (Å²) in [5.41, 5.74) is 6.57. The predicted molar refractivity (Wildman–Crippen MR) is 102 cm³/mol. The molecule has 1 aliphatic heterocycles. The minimum atomic E-state index is 0.131. The molecule has 2 atom stereocenters. The third-order valence-electron chi connectivity index (χ3n) is 5.58. The van der Waals surface area contributed by atoms with Crippen LogP contribution in [0, 0.1) is 5.92 Å². The first-order valence-electron chi connectivity index (χ1n) is 9.33. The Balaban J connectivity index is 1.71. The highest BCUT2D eigenvalue weighted by Crippen LogP contribution is 2.43. The van der Waals surface area contributed by atoms with Crippen molar-refractivity contribution in [3.63, 3.8) is 0 Å². The summed E-state index contributed by atoms with van der Waals surface area (Å²) in [5.74, 6) is 0.950. The molecular formula is C22H26N2O. The van der Waals surface area contributed by atoms with Gasteiger partial charge >= 0.3 is 0 Å². The molecular weight excluding hydrogens is 308 g/mol. The molecule has 1 N–H and O–H groups in total. The molecule has 0 spiro atoms. The topological polar surface area (TPSA) is 35.8 Å². The van der Waals surface area contributed by atoms with E-state index in [0.29, 0.717) is 18.4 Å². The molecule has 3 heteroatoms. The van der Waals surface area contributed by atoms with Crippen LogP contribution in [-0.4, -0.2) is 29.0 Å². The summed E-state index contributed by atoms with van der Waals surface area (Å²) in [6, 6.07) is 17.9. The second-order valence-electron chi connectivity index (χ2n) is 7.44. The van der Waals surface area contributed by atoms with E-state index in [4.69, 9.17) is 5.10 Å². The van der Waals surface area contributed by atoms with E-state index in [2.05, 4.69) is 67.4 Å². The number of aryl methyl sites for hydroxylation is 1. The highest BCUT2D eigenvalue weighted by Gasteiger charge is 2.40. The van der Waals surface area contributed by atoms with Crippen molar-refractivity contribution in [2.24, 2.45) is 11.0 Å². The zero-order valence-electron chi connectivity index (χ0n) is 15.0. The molecule has 1 aliphatic carbocycles. The van der Waals surface area contributed by atoms with Crippen molar-refractivity contribution in [1.29, 1.82) is 0 Å². The lowest BCUT2D eigenvalue weighted by molar-refractivity contribution is 0.152. The molecule has 2 aromatic rings. The normalized spacial score (nSPS) is 21.9. The van der Waals surface area contributed by atoms with Crippen LogP contribution in [0.1, 0.15) is 54.5 Å². The van der Waals surface area contributed by atoms with Crippen LogP contribution in [0.15, 0.2) is 53.6 Å². The van der Waals surface area contributed by atoms with Crippen LogP contribution in [0.5, 0.6) is 0 Å². The Bertz CT molecular complexity index is 779. The van der Waals surface area contributed by atoms with E-state index in [1.807, 2.05) is 0 Å². The van der Waals surface area contributed by atoms with E-state index >= 15 is 0 Å². The number of fused-ring (bicyclic) bond motifs is 3. The van der Waals surface area contributed by atoms with E-state index < -0.39 is 0 Å². The van der Waals surface area contributed by atoms with Crippen molar-refractivity contribution in [1.82, 2.24) is 5.01 Å². The average molecular weight is 334 g/mol. The first-order valence-corrected chi connectivity index (χ1v) is 9.33. The van der Waals surface area contributed by atoms with Gasteiger partial charge in [-0.3, -0.25) is 5.01 Å². The second kappa shape index (κ2) is 6.64. The first kappa shape index (κ1) is 16.3. The average Bonchev–Trinajstić information content (AvgIpc) is 3.00. The number of hydrogen-bond acceptors (Lipinski definition) is 3. The van der Waals surface area contributed by atoms with Crippen molar-refractivity contribution in [2.75, 3.05) is 13.2 Å². The van der Waals surface area contributed by atoms with Gasteiger partial charge in [0.2, 0.25) is 0 Å². The lowest BCUT2D eigenvalue weighted by Gasteiger charge is -2.30. The van der Waals surface area contributed by atoms with Crippen LogP contribution in [0.25, 0.3) is 0 Å². The number of benzene rings is 2. The van der Waals surface area contributed by atoms with Gasteiger partial charge in [-0.2, -0.15) is 5.10 Å². The van der Waals surface area contributed by atoms with Crippen LogP contribution in [0.4, 0.5) is 0 Å². The Morgan fingerprint density at radius 1 is 1.12 bits per heavy atom. The molecule has 2 aliphatic rings. The van der Waals surface area contributed by atoms with E-state index in [-0.39, 0.29) is 12.6 Å². The second-order valence-corrected chi connectivity index (χ2v) is 7.44. The van der Waals surface area contributed by atoms with Gasteiger partial charge in [0.1, 0.15) is 0 Å². The Morgan fingerprint density at radius 3 is 2.60 bits per heavy atom. The lowest BCUT2D eigenvalue weighted by atomic mass is 9.77. The Morgan fingerprint density at radius 2 is 1.88 bits per heavy atom. The van der Waals surface area contributed by atoms with Crippen molar-refractivity contribution in [3.05, 3.63) is 70.8 Å². The van der Waals surface area contributed by atoms with Gasteiger partial charge in [0.15, 0.2) is 0 Å². The van der Waals surface area contributed by atoms with Gasteiger partial charge < -0.3 is 5.11 Å². The van der Waals surface area contributed by atoms with Crippen LogP contribution < -0.4 is 0 Å². The standard InChI is InChI=1S/C22H26N2O/c1-15(2)16-7-9-18(10-8-16)22-20-12-11-17-5-3-4-6-19(17)21(20)23-24(22)13-14-25/h3-10,15,20,22,25H,11-14H2,1-2H3/t20-,22-/m1/s1. The van der Waals surface area contributed by atoms with Gasteiger partial charge in [-0.15, -0.1) is 0 Å². The smallest absolute Gasteiger partial charge is 0.0805 e. The highest BCUT2D eigenvalue weighted by atomic mass is 16.3. The minimum Gasteiger partial charge on any atom is -0.394 e. The molecule has 0 saturated heterocycles. The fourth-order valence-corrected chi connectivity index (χ4v) is 4.25. The van der Waals surface area contributed by atoms with Crippen molar-refractivity contribution >= 4 is 5.71 Å². The maximum absolute atomic E-state index is 9.53. The predicted octanol–water partition coefficient (Wildman–Crippen LogP) is 4.13. The van der Waals surface area contributed by atoms with Crippen molar-refractivity contribution in [2.45, 2.75) is 38.6 Å². The summed E-state index contributed by atoms with van der Waals surface area (Å²) in [6.07, 6.45) is 2.22. The molecule has 0 saturated carbocycles. The molecule has 0 unspecified atom stereocenters. The fraction of sp³-hybridized carbons (Fsp3) is 0.409. The molecule has 2 aromatic carbocycles. The van der Waals surface area contributed by atoms with Crippen LogP contribution >= 0.6 is 0 Å². The third kappa shape index (κ3) is 2.87. The zero-order valence-corrected chi connectivity index (χ0v) is 15.0. The maximum atomic E-state index is 9.53. The summed E-state index contributed by atoms with van der Waals surface area (Å²) in [7, 11) is 0. The SMILES string of the molecule is CC(C)c1ccc([C@@H]2[C@@H]3CCc4ccccc4C3=NN2CCO)cc1. The summed E-state index contributed by atoms with van der Waals surface area (Å²) in [5, 5.41) is 16.6. The van der Waals surface area contributed by atoms with E-state index in [1.165, 1.54) is 28.0 Å². The van der Waals surface area contributed by atoms with Crippen molar-refractivity contribution < 1.29 is 5.11 Å². The van der Waals surface area contributed by atoms with Gasteiger partial charge in [0.05, 0.1) is 24.9 Å². The van der Waals surface area contributed by atoms with Crippen LogP contribution in [0.3, 0.4) is 0 Å². The molecule has 0 amide bonds. The van der Waals surface area contributed by atoms with Crippen molar-refractivity contribution in [3.8, 4) is 0 Å². The molecule has 0 radical (unpaired) electrons. The summed E-state index contributed by atoms with van der Waals surface area (Å²) in [6.45, 7) is 5.16. The van der Waals surface area contributed by atoms with E-state index in [0.717, 1.165) is 12.8 Å². The van der Waals surface area contributed by atoms with Crippen LogP contribution in [-0.2, 0) is 6.42 Å². The van der Waals surface area contributed by atoms with Crippen LogP contribution in [0.2, 0.25) is 0 Å². The highest BCUT2D eigenvalue weighted by molar-refractivity contribution is 6.05. The molecule has 0 bridgehead atoms. The molecule has 3 nitrogen and oxygen atoms in total. The molecule has 0 aromatic heterocycles. The van der Waals surface area contributed by atoms with E-state index in [9.17, 15) is 5.11 Å². The molecule has 0 fully saturated rings. The summed E-state index contributed by atoms with van der Waals surface area (Å²) >= 11 is 0. The third-order valence-corrected chi connectivity index (χ3v) is 5.58. The molecule has 25 heavy (non-hydrogen) atoms. The number of β-amino-alcohol motifs (C(OH)–C–C–N with tert-alkyl or cyclic N) is 1. The summed E-state index contributed by atoms with van der Waals surface area (Å²) < 4.78 is 0. The monoisotopic (exact) mass is 334 g/mol. The number of aliphatic hydroxyl groups excluding tert-OH is 1. The fourth-order valence-electron chi connectivity index (χ4n) is 4.25. The largest absolute Gasteiger partial charge is 0.394 e. The van der Waals surface area contributed by atoms with Gasteiger partial charge in [0, 0.05) is 11.5 Å². The van der Waals surface area contributed by atoms with Gasteiger partial charge in [-0.25, -0.2) is 0 Å². The Hall–Kier alpha value is -2.13. The van der Waals surface area contributed by atoms with Gasteiger partial charge in [0.25, 0.3) is 0 Å². The number of rotatable bonds is 4. The maximum Gasteiger partial charge on any atom is 0.0805 e. The van der Waals surface area contributed by atoms with E-state index in [1.54, 1.807) is 0 Å². The molecule has 1 heterocycles. The first-order chi connectivity index (χ1) is 12.2. The van der Waals surface area contributed by atoms with Gasteiger partial charge in [-0.1, -0.05) is 62.4 Å². The quantitative estimate of drug-likeness (QED) is 0.913. The Kier molecular flexibility index (Phi) is 4.34. The molecule has 130 valence electrons. The zero-order chi connectivity index (χ0) is 17.4. The number of nitrogens with zero attached hydrogens (tertiary/aromatic N) is 2. The number of hydrazone groups is 1. The minimum absolute atomic E-state index is 0.131. The number of hydrogen-bond donors (Lipinski definition) is 1. The van der Waals surface area contributed by atoms with Gasteiger partial charge in [-0.05, 0) is 35.4 Å². The Labute approximate surface area is 150 Å².